The van der Waals surface area contributed by atoms with Crippen molar-refractivity contribution in [3.05, 3.63) is 76.8 Å². The van der Waals surface area contributed by atoms with Crippen molar-refractivity contribution in [1.82, 2.24) is 4.90 Å². The van der Waals surface area contributed by atoms with Crippen LogP contribution in [0.1, 0.15) is 17.5 Å². The summed E-state index contributed by atoms with van der Waals surface area (Å²) in [6.07, 6.45) is 1.31. The lowest BCUT2D eigenvalue weighted by Crippen LogP contribution is -2.49. The summed E-state index contributed by atoms with van der Waals surface area (Å²) in [5.74, 6) is 0. The Bertz CT molecular complexity index is 1110. The van der Waals surface area contributed by atoms with E-state index in [4.69, 9.17) is 16.4 Å². The third-order valence-corrected chi connectivity index (χ3v) is 6.69. The van der Waals surface area contributed by atoms with Gasteiger partial charge in [-0.2, -0.15) is 0 Å². The number of aliphatic hydroxyl groups is 1. The van der Waals surface area contributed by atoms with Crippen LogP contribution >= 0.6 is 11.6 Å². The average molecular weight is 450 g/mol. The van der Waals surface area contributed by atoms with Gasteiger partial charge in [0.25, 0.3) is 0 Å². The molecular weight excluding hydrogens is 422 g/mol. The van der Waals surface area contributed by atoms with Crippen molar-refractivity contribution in [2.24, 2.45) is 5.16 Å². The van der Waals surface area contributed by atoms with Crippen LogP contribution in [0.15, 0.2) is 65.8 Å². The van der Waals surface area contributed by atoms with Crippen molar-refractivity contribution in [2.75, 3.05) is 44.2 Å². The van der Waals surface area contributed by atoms with Crippen molar-refractivity contribution >= 4 is 33.8 Å². The fourth-order valence-corrected chi connectivity index (χ4v) is 4.87. The maximum Gasteiger partial charge on any atom is 0.144 e. The van der Waals surface area contributed by atoms with Gasteiger partial charge in [0.2, 0.25) is 0 Å². The third-order valence-electron chi connectivity index (χ3n) is 6.44. The first kappa shape index (κ1) is 21.3. The van der Waals surface area contributed by atoms with E-state index in [1.54, 1.807) is 0 Å². The van der Waals surface area contributed by atoms with Gasteiger partial charge in [0, 0.05) is 49.0 Å². The second-order valence-electron chi connectivity index (χ2n) is 8.56. The number of piperazine rings is 1. The van der Waals surface area contributed by atoms with Crippen molar-refractivity contribution in [3.63, 3.8) is 0 Å². The number of fused-ring (bicyclic) bond motifs is 3. The van der Waals surface area contributed by atoms with Crippen molar-refractivity contribution < 1.29 is 9.94 Å². The number of aryl methyl sites for hydroxylation is 1. The zero-order valence-corrected chi connectivity index (χ0v) is 18.8. The van der Waals surface area contributed by atoms with E-state index in [1.165, 1.54) is 27.6 Å². The normalized spacial score (nSPS) is 18.8. The quantitative estimate of drug-likeness (QED) is 0.568. The van der Waals surface area contributed by atoms with Gasteiger partial charge in [-0.05, 0) is 53.4 Å². The highest BCUT2D eigenvalue weighted by Gasteiger charge is 2.22. The number of oxime groups is 1. The molecule has 0 saturated carbocycles. The van der Waals surface area contributed by atoms with Crippen LogP contribution in [0.5, 0.6) is 0 Å². The molecule has 1 aliphatic carbocycles. The lowest BCUT2D eigenvalue weighted by Gasteiger charge is -2.36. The van der Waals surface area contributed by atoms with Gasteiger partial charge >= 0.3 is 0 Å². The molecule has 3 aromatic rings. The molecule has 3 aromatic carbocycles. The summed E-state index contributed by atoms with van der Waals surface area (Å²) >= 11 is 5.99. The van der Waals surface area contributed by atoms with Gasteiger partial charge in [-0.1, -0.05) is 53.2 Å². The second kappa shape index (κ2) is 9.49. The predicted octanol–water partition coefficient (Wildman–Crippen LogP) is 4.34. The van der Waals surface area contributed by atoms with E-state index in [2.05, 4.69) is 63.5 Å². The molecule has 5 nitrogen and oxygen atoms in total. The van der Waals surface area contributed by atoms with E-state index in [0.29, 0.717) is 6.54 Å². The van der Waals surface area contributed by atoms with Crippen LogP contribution in [0.3, 0.4) is 0 Å². The molecule has 0 amide bonds. The number of hydrogen-bond donors (Lipinski definition) is 1. The molecule has 2 aliphatic rings. The number of aliphatic hydroxyl groups excluding tert-OH is 1. The number of β-amino-alcohol motifs (C(OH)–C–C–N with tert-alkyl or cyclic N) is 1. The SMILES string of the molecule is OC(CO/N=C1\CCc2c1ccc1ccccc21)CN1CCN(c2ccc(Cl)cc2)CC1. The molecule has 0 bridgehead atoms. The Morgan fingerprint density at radius 1 is 0.938 bits per heavy atom. The Labute approximate surface area is 193 Å². The first-order chi connectivity index (χ1) is 15.7. The number of anilines is 1. The summed E-state index contributed by atoms with van der Waals surface area (Å²) in [5.41, 5.74) is 4.70. The highest BCUT2D eigenvalue weighted by molar-refractivity contribution is 6.30. The third kappa shape index (κ3) is 4.60. The number of nitrogens with zero attached hydrogens (tertiary/aromatic N) is 3. The molecule has 1 N–H and O–H groups in total. The number of rotatable bonds is 6. The van der Waals surface area contributed by atoms with E-state index in [-0.39, 0.29) is 6.61 Å². The van der Waals surface area contributed by atoms with Crippen LogP contribution in [0.25, 0.3) is 10.8 Å². The van der Waals surface area contributed by atoms with Gasteiger partial charge in [0.1, 0.15) is 12.7 Å². The molecule has 1 aliphatic heterocycles. The molecule has 0 aromatic heterocycles. The van der Waals surface area contributed by atoms with Crippen LogP contribution in [0.4, 0.5) is 5.69 Å². The van der Waals surface area contributed by atoms with E-state index >= 15 is 0 Å². The first-order valence-electron chi connectivity index (χ1n) is 11.3. The fraction of sp³-hybridized carbons (Fsp3) is 0.346. The van der Waals surface area contributed by atoms with Crippen LogP contribution < -0.4 is 4.90 Å². The molecule has 32 heavy (non-hydrogen) atoms. The van der Waals surface area contributed by atoms with Gasteiger partial charge in [0.15, 0.2) is 0 Å². The summed E-state index contributed by atoms with van der Waals surface area (Å²) in [6, 6.07) is 20.7. The zero-order valence-electron chi connectivity index (χ0n) is 18.1. The Balaban J connectivity index is 1.11. The van der Waals surface area contributed by atoms with Gasteiger partial charge in [-0.15, -0.1) is 0 Å². The number of benzene rings is 3. The monoisotopic (exact) mass is 449 g/mol. The van der Waals surface area contributed by atoms with Crippen molar-refractivity contribution in [1.29, 1.82) is 0 Å². The van der Waals surface area contributed by atoms with Crippen LogP contribution in [0.2, 0.25) is 5.02 Å². The van der Waals surface area contributed by atoms with Crippen LogP contribution in [-0.2, 0) is 11.3 Å². The van der Waals surface area contributed by atoms with Crippen LogP contribution in [0, 0.1) is 0 Å². The summed E-state index contributed by atoms with van der Waals surface area (Å²) in [7, 11) is 0. The summed E-state index contributed by atoms with van der Waals surface area (Å²) in [6.45, 7) is 4.50. The molecule has 5 rings (SSSR count). The average Bonchev–Trinajstić information content (AvgIpc) is 3.24. The van der Waals surface area contributed by atoms with Gasteiger partial charge in [-0.3, -0.25) is 4.90 Å². The highest BCUT2D eigenvalue weighted by atomic mass is 35.5. The standard InChI is InChI=1S/C26H28ClN3O2/c27-20-6-8-21(9-7-20)30-15-13-29(14-16-30)17-22(31)18-32-28-26-12-11-24-23-4-2-1-3-19(23)5-10-25(24)26/h1-10,22,31H,11-18H2/b28-26+. The van der Waals surface area contributed by atoms with E-state index in [0.717, 1.165) is 49.8 Å². The Hall–Kier alpha value is -2.60. The molecule has 166 valence electrons. The molecule has 6 heteroatoms. The molecular formula is C26H28ClN3O2. The smallest absolute Gasteiger partial charge is 0.144 e. The summed E-state index contributed by atoms with van der Waals surface area (Å²) in [5, 5.41) is 18.2. The molecule has 1 fully saturated rings. The zero-order chi connectivity index (χ0) is 21.9. The molecule has 1 saturated heterocycles. The van der Waals surface area contributed by atoms with Gasteiger partial charge < -0.3 is 14.8 Å². The number of halogens is 1. The molecule has 1 atom stereocenters. The molecule has 1 unspecified atom stereocenters. The maximum absolute atomic E-state index is 10.5. The lowest BCUT2D eigenvalue weighted by atomic mass is 10.0. The van der Waals surface area contributed by atoms with E-state index in [1.807, 2.05) is 12.1 Å². The minimum absolute atomic E-state index is 0.212. The fourth-order valence-electron chi connectivity index (χ4n) is 4.74. The molecule has 1 heterocycles. The summed E-state index contributed by atoms with van der Waals surface area (Å²) in [4.78, 5) is 10.2. The Kier molecular flexibility index (Phi) is 6.30. The number of hydrogen-bond acceptors (Lipinski definition) is 5. The van der Waals surface area contributed by atoms with Crippen molar-refractivity contribution in [3.8, 4) is 0 Å². The largest absolute Gasteiger partial charge is 0.393 e. The Morgan fingerprint density at radius 2 is 1.72 bits per heavy atom. The molecule has 0 spiro atoms. The minimum atomic E-state index is -0.557. The van der Waals surface area contributed by atoms with E-state index < -0.39 is 6.10 Å². The minimum Gasteiger partial charge on any atom is -0.393 e. The van der Waals surface area contributed by atoms with E-state index in [9.17, 15) is 5.11 Å². The first-order valence-corrected chi connectivity index (χ1v) is 11.7. The van der Waals surface area contributed by atoms with Crippen molar-refractivity contribution in [2.45, 2.75) is 18.9 Å². The van der Waals surface area contributed by atoms with Crippen LogP contribution in [-0.4, -0.2) is 61.2 Å². The van der Waals surface area contributed by atoms with Gasteiger partial charge in [-0.25, -0.2) is 0 Å². The lowest BCUT2D eigenvalue weighted by molar-refractivity contribution is 0.0180. The Morgan fingerprint density at radius 3 is 2.53 bits per heavy atom. The topological polar surface area (TPSA) is 48.3 Å². The maximum atomic E-state index is 10.5. The van der Waals surface area contributed by atoms with Gasteiger partial charge in [0.05, 0.1) is 5.71 Å². The summed E-state index contributed by atoms with van der Waals surface area (Å²) < 4.78 is 0. The highest BCUT2D eigenvalue weighted by Crippen LogP contribution is 2.30. The predicted molar refractivity (Wildman–Crippen MR) is 131 cm³/mol. The second-order valence-corrected chi connectivity index (χ2v) is 9.00. The molecule has 0 radical (unpaired) electrons.